The Balaban J connectivity index is 1.98. The molecule has 0 amide bonds. The average Bonchev–Trinajstić information content (AvgIpc) is 2.85. The molecule has 0 saturated carbocycles. The van der Waals surface area contributed by atoms with Crippen molar-refractivity contribution in [2.75, 3.05) is 6.61 Å². The van der Waals surface area contributed by atoms with Crippen LogP contribution in [0.25, 0.3) is 10.9 Å². The normalized spacial score (nSPS) is 20.0. The summed E-state index contributed by atoms with van der Waals surface area (Å²) < 4.78 is 14.3. The first kappa shape index (κ1) is 15.6. The average molecular weight is 301 g/mol. The third-order valence-corrected chi connectivity index (χ3v) is 5.00. The van der Waals surface area contributed by atoms with Gasteiger partial charge in [0.2, 0.25) is 0 Å². The lowest BCUT2D eigenvalue weighted by Gasteiger charge is -2.32. The lowest BCUT2D eigenvalue weighted by atomic mass is 9.78. The first-order valence-electron chi connectivity index (χ1n) is 7.79. The molecule has 1 fully saturated rings. The van der Waals surface area contributed by atoms with Crippen molar-refractivity contribution in [3.8, 4) is 0 Å². The maximum atomic E-state index is 9.18. The van der Waals surface area contributed by atoms with E-state index in [9.17, 15) is 5.11 Å². The molecule has 0 atom stereocenters. The summed E-state index contributed by atoms with van der Waals surface area (Å²) in [7, 11) is 1.68. The van der Waals surface area contributed by atoms with E-state index >= 15 is 0 Å². The summed E-state index contributed by atoms with van der Waals surface area (Å²) in [5.74, 6) is 0. The van der Waals surface area contributed by atoms with Gasteiger partial charge in [-0.3, -0.25) is 0 Å². The summed E-state index contributed by atoms with van der Waals surface area (Å²) in [5, 5.41) is 10.4. The molecule has 2 aromatic rings. The third-order valence-electron chi connectivity index (χ3n) is 5.00. The Labute approximate surface area is 132 Å². The molecule has 1 saturated heterocycles. The smallest absolute Gasteiger partial charge is 0.399 e. The molecule has 118 valence electrons. The first-order chi connectivity index (χ1) is 10.2. The molecule has 5 heteroatoms. The van der Waals surface area contributed by atoms with Gasteiger partial charge < -0.3 is 19.0 Å². The van der Waals surface area contributed by atoms with Gasteiger partial charge in [-0.05, 0) is 51.2 Å². The number of rotatable bonds is 3. The van der Waals surface area contributed by atoms with Crippen LogP contribution in [0.4, 0.5) is 0 Å². The second kappa shape index (κ2) is 5.12. The molecule has 1 aliphatic rings. The van der Waals surface area contributed by atoms with Crippen molar-refractivity contribution in [2.45, 2.75) is 45.3 Å². The van der Waals surface area contributed by atoms with Gasteiger partial charge in [0.05, 0.1) is 11.2 Å². The van der Waals surface area contributed by atoms with Crippen LogP contribution in [0.5, 0.6) is 0 Å². The van der Waals surface area contributed by atoms with Crippen molar-refractivity contribution in [1.29, 1.82) is 0 Å². The molecule has 0 bridgehead atoms. The molecular weight excluding hydrogens is 277 g/mol. The quantitative estimate of drug-likeness (QED) is 0.882. The summed E-state index contributed by atoms with van der Waals surface area (Å²) in [4.78, 5) is 0. The van der Waals surface area contributed by atoms with Crippen LogP contribution >= 0.6 is 0 Å². The van der Waals surface area contributed by atoms with Gasteiger partial charge in [-0.2, -0.15) is 0 Å². The minimum absolute atomic E-state index is 0.165. The molecule has 0 aliphatic carbocycles. The van der Waals surface area contributed by atoms with Crippen molar-refractivity contribution in [1.82, 2.24) is 4.57 Å². The van der Waals surface area contributed by atoms with Crippen molar-refractivity contribution >= 4 is 23.5 Å². The number of aliphatic hydroxyl groups excluding tert-OH is 1. The molecule has 22 heavy (non-hydrogen) atoms. The molecule has 0 spiro atoms. The highest BCUT2D eigenvalue weighted by Gasteiger charge is 2.51. The van der Waals surface area contributed by atoms with Crippen LogP contribution in [0.2, 0.25) is 0 Å². The van der Waals surface area contributed by atoms with Gasteiger partial charge in [0, 0.05) is 30.8 Å². The van der Waals surface area contributed by atoms with E-state index in [2.05, 4.69) is 56.7 Å². The largest absolute Gasteiger partial charge is 0.494 e. The zero-order chi connectivity index (χ0) is 16.1. The van der Waals surface area contributed by atoms with Gasteiger partial charge >= 0.3 is 7.12 Å². The Morgan fingerprint density at radius 2 is 1.77 bits per heavy atom. The second-order valence-electron chi connectivity index (χ2n) is 7.10. The highest BCUT2D eigenvalue weighted by atomic mass is 16.7. The standard InChI is InChI=1S/C17H24BNO3/c1-16(2)17(3,4)22-18(21-16)13-6-7-14-12(8-9-20)11-19(5)15(14)10-13/h6-7,10-11,20H,8-9H2,1-5H3. The highest BCUT2D eigenvalue weighted by Crippen LogP contribution is 2.36. The van der Waals surface area contributed by atoms with Crippen molar-refractivity contribution in [2.24, 2.45) is 7.05 Å². The van der Waals surface area contributed by atoms with Crippen LogP contribution in [0.3, 0.4) is 0 Å². The Morgan fingerprint density at radius 1 is 1.14 bits per heavy atom. The van der Waals surface area contributed by atoms with E-state index in [1.54, 1.807) is 0 Å². The molecule has 2 heterocycles. The van der Waals surface area contributed by atoms with E-state index in [0.29, 0.717) is 6.42 Å². The summed E-state index contributed by atoms with van der Waals surface area (Å²) in [6.07, 6.45) is 2.75. The molecule has 0 radical (unpaired) electrons. The number of aryl methyl sites for hydroxylation is 1. The van der Waals surface area contributed by atoms with Crippen molar-refractivity contribution in [3.63, 3.8) is 0 Å². The van der Waals surface area contributed by atoms with Crippen LogP contribution in [-0.2, 0) is 22.8 Å². The van der Waals surface area contributed by atoms with Gasteiger partial charge in [0.15, 0.2) is 0 Å². The summed E-state index contributed by atoms with van der Waals surface area (Å²) >= 11 is 0. The first-order valence-corrected chi connectivity index (χ1v) is 7.79. The topological polar surface area (TPSA) is 43.6 Å². The predicted molar refractivity (Wildman–Crippen MR) is 89.4 cm³/mol. The summed E-state index contributed by atoms with van der Waals surface area (Å²) in [5.41, 5.74) is 2.67. The SMILES string of the molecule is Cn1cc(CCO)c2ccc(B3OC(C)(C)C(C)(C)O3)cc21. The van der Waals surface area contributed by atoms with Crippen LogP contribution in [0.15, 0.2) is 24.4 Å². The summed E-state index contributed by atoms with van der Waals surface area (Å²) in [6, 6.07) is 6.28. The maximum absolute atomic E-state index is 9.18. The van der Waals surface area contributed by atoms with E-state index in [-0.39, 0.29) is 24.9 Å². The third kappa shape index (κ3) is 2.37. The van der Waals surface area contributed by atoms with Crippen LogP contribution in [0, 0.1) is 0 Å². The van der Waals surface area contributed by atoms with E-state index in [1.807, 2.05) is 7.05 Å². The highest BCUT2D eigenvalue weighted by molar-refractivity contribution is 6.62. The Kier molecular flexibility index (Phi) is 3.63. The fourth-order valence-corrected chi connectivity index (χ4v) is 2.93. The molecule has 0 unspecified atom stereocenters. The number of hydrogen-bond acceptors (Lipinski definition) is 3. The fourth-order valence-electron chi connectivity index (χ4n) is 2.93. The summed E-state index contributed by atoms with van der Waals surface area (Å²) in [6.45, 7) is 8.42. The van der Waals surface area contributed by atoms with Crippen molar-refractivity contribution < 1.29 is 14.4 Å². The Hall–Kier alpha value is -1.30. The van der Waals surface area contributed by atoms with Gasteiger partial charge in [0.1, 0.15) is 0 Å². The zero-order valence-electron chi connectivity index (χ0n) is 14.0. The second-order valence-corrected chi connectivity index (χ2v) is 7.10. The lowest BCUT2D eigenvalue weighted by Crippen LogP contribution is -2.41. The Bertz CT molecular complexity index is 689. The maximum Gasteiger partial charge on any atom is 0.494 e. The predicted octanol–water partition coefficient (Wildman–Crippen LogP) is 2.01. The number of aromatic nitrogens is 1. The Morgan fingerprint density at radius 3 is 2.36 bits per heavy atom. The van der Waals surface area contributed by atoms with E-state index in [0.717, 1.165) is 11.0 Å². The van der Waals surface area contributed by atoms with E-state index < -0.39 is 0 Å². The monoisotopic (exact) mass is 301 g/mol. The number of hydrogen-bond donors (Lipinski definition) is 1. The van der Waals surface area contributed by atoms with Crippen LogP contribution in [-0.4, -0.2) is 34.6 Å². The zero-order valence-corrected chi connectivity index (χ0v) is 14.0. The number of benzene rings is 1. The fraction of sp³-hybridized carbons (Fsp3) is 0.529. The van der Waals surface area contributed by atoms with Crippen LogP contribution in [0.1, 0.15) is 33.3 Å². The molecule has 3 rings (SSSR count). The minimum atomic E-state index is -0.342. The molecule has 1 aromatic carbocycles. The molecular formula is C17H24BNO3. The lowest BCUT2D eigenvalue weighted by molar-refractivity contribution is 0.00578. The number of aliphatic hydroxyl groups is 1. The minimum Gasteiger partial charge on any atom is -0.399 e. The number of nitrogens with zero attached hydrogens (tertiary/aromatic N) is 1. The van der Waals surface area contributed by atoms with Gasteiger partial charge in [-0.1, -0.05) is 12.1 Å². The van der Waals surface area contributed by atoms with Gasteiger partial charge in [-0.25, -0.2) is 0 Å². The van der Waals surface area contributed by atoms with Gasteiger partial charge in [0.25, 0.3) is 0 Å². The van der Waals surface area contributed by atoms with Gasteiger partial charge in [-0.15, -0.1) is 0 Å². The van der Waals surface area contributed by atoms with E-state index in [1.165, 1.54) is 10.9 Å². The molecule has 1 aliphatic heterocycles. The van der Waals surface area contributed by atoms with E-state index in [4.69, 9.17) is 9.31 Å². The molecule has 1 aromatic heterocycles. The molecule has 4 nitrogen and oxygen atoms in total. The van der Waals surface area contributed by atoms with Crippen molar-refractivity contribution in [3.05, 3.63) is 30.0 Å². The van der Waals surface area contributed by atoms with Crippen LogP contribution < -0.4 is 5.46 Å². The molecule has 1 N–H and O–H groups in total. The number of fused-ring (bicyclic) bond motifs is 1.